The second-order valence-corrected chi connectivity index (χ2v) is 4.34. The van der Waals surface area contributed by atoms with Crippen molar-refractivity contribution in [2.24, 2.45) is 0 Å². The van der Waals surface area contributed by atoms with Gasteiger partial charge in [-0.25, -0.2) is 9.18 Å². The normalized spacial score (nSPS) is 18.4. The van der Waals surface area contributed by atoms with E-state index in [1.807, 2.05) is 0 Å². The Morgan fingerprint density at radius 2 is 2.21 bits per heavy atom. The fourth-order valence-corrected chi connectivity index (χ4v) is 2.27. The maximum atomic E-state index is 13.2. The lowest BCUT2D eigenvalue weighted by molar-refractivity contribution is -0.141. The zero-order valence-electron chi connectivity index (χ0n) is 10.4. The first-order valence-corrected chi connectivity index (χ1v) is 5.92. The molecule has 5 nitrogen and oxygen atoms in total. The fraction of sp³-hybridized carbons (Fsp3) is 0.385. The minimum Gasteiger partial charge on any atom is -0.496 e. The molecule has 0 radical (unpaired) electrons. The molecule has 0 spiro atoms. The van der Waals surface area contributed by atoms with Gasteiger partial charge in [-0.2, -0.15) is 0 Å². The predicted octanol–water partition coefficient (Wildman–Crippen LogP) is 1.52. The largest absolute Gasteiger partial charge is 0.496 e. The second-order valence-electron chi connectivity index (χ2n) is 4.34. The van der Waals surface area contributed by atoms with E-state index >= 15 is 0 Å². The first-order valence-electron chi connectivity index (χ1n) is 5.92. The number of likely N-dealkylation sites (tertiary alicyclic amines) is 1. The molecule has 1 fully saturated rings. The van der Waals surface area contributed by atoms with Crippen LogP contribution in [0.25, 0.3) is 0 Å². The standard InChI is InChI=1S/C13H14FNO4/c1-19-11-5-4-8(14)7-9(11)12(16)15-6-2-3-10(15)13(17)18/h4-5,7,10H,2-3,6H2,1H3,(H,17,18). The molecule has 2 rings (SSSR count). The molecule has 0 aromatic heterocycles. The number of ether oxygens (including phenoxy) is 1. The number of benzene rings is 1. The van der Waals surface area contributed by atoms with Crippen LogP contribution in [0.2, 0.25) is 0 Å². The summed E-state index contributed by atoms with van der Waals surface area (Å²) >= 11 is 0. The smallest absolute Gasteiger partial charge is 0.326 e. The molecule has 1 aliphatic rings. The van der Waals surface area contributed by atoms with Crippen molar-refractivity contribution < 1.29 is 23.8 Å². The molecule has 1 aliphatic heterocycles. The van der Waals surface area contributed by atoms with Crippen LogP contribution >= 0.6 is 0 Å². The monoisotopic (exact) mass is 267 g/mol. The highest BCUT2D eigenvalue weighted by atomic mass is 19.1. The number of carbonyl (C=O) groups excluding carboxylic acids is 1. The fourth-order valence-electron chi connectivity index (χ4n) is 2.27. The van der Waals surface area contributed by atoms with Gasteiger partial charge < -0.3 is 14.7 Å². The SMILES string of the molecule is COc1ccc(F)cc1C(=O)N1CCCC1C(=O)O. The minimum atomic E-state index is -1.04. The lowest BCUT2D eigenvalue weighted by Gasteiger charge is -2.22. The van der Waals surface area contributed by atoms with E-state index < -0.39 is 23.7 Å². The molecular formula is C13H14FNO4. The summed E-state index contributed by atoms with van der Waals surface area (Å²) in [7, 11) is 1.38. The molecule has 1 saturated heterocycles. The van der Waals surface area contributed by atoms with Gasteiger partial charge in [0.25, 0.3) is 5.91 Å². The van der Waals surface area contributed by atoms with E-state index in [-0.39, 0.29) is 11.3 Å². The van der Waals surface area contributed by atoms with Gasteiger partial charge in [0, 0.05) is 6.54 Å². The van der Waals surface area contributed by atoms with Gasteiger partial charge >= 0.3 is 5.97 Å². The predicted molar refractivity (Wildman–Crippen MR) is 64.6 cm³/mol. The molecule has 1 amide bonds. The second kappa shape index (κ2) is 5.26. The first kappa shape index (κ1) is 13.3. The molecule has 1 N–H and O–H groups in total. The highest BCUT2D eigenvalue weighted by Crippen LogP contribution is 2.25. The zero-order valence-corrected chi connectivity index (χ0v) is 10.4. The number of carboxylic acid groups (broad SMARTS) is 1. The number of halogens is 1. The van der Waals surface area contributed by atoms with Crippen LogP contribution in [0.3, 0.4) is 0 Å². The molecule has 102 valence electrons. The third-order valence-electron chi connectivity index (χ3n) is 3.19. The molecular weight excluding hydrogens is 253 g/mol. The highest BCUT2D eigenvalue weighted by Gasteiger charge is 2.35. The third kappa shape index (κ3) is 2.52. The van der Waals surface area contributed by atoms with E-state index in [9.17, 15) is 14.0 Å². The number of hydrogen-bond acceptors (Lipinski definition) is 3. The summed E-state index contributed by atoms with van der Waals surface area (Å²) in [6, 6.07) is 2.77. The lowest BCUT2D eigenvalue weighted by Crippen LogP contribution is -2.40. The van der Waals surface area contributed by atoms with Gasteiger partial charge in [-0.3, -0.25) is 4.79 Å². The summed E-state index contributed by atoms with van der Waals surface area (Å²) < 4.78 is 18.3. The van der Waals surface area contributed by atoms with Gasteiger partial charge in [0.1, 0.15) is 17.6 Å². The molecule has 1 heterocycles. The van der Waals surface area contributed by atoms with Crippen molar-refractivity contribution in [2.45, 2.75) is 18.9 Å². The molecule has 1 aromatic carbocycles. The average Bonchev–Trinajstić information content (AvgIpc) is 2.87. The number of hydrogen-bond donors (Lipinski definition) is 1. The van der Waals surface area contributed by atoms with Crippen LogP contribution in [-0.2, 0) is 4.79 Å². The van der Waals surface area contributed by atoms with Crippen molar-refractivity contribution in [2.75, 3.05) is 13.7 Å². The number of aliphatic carboxylic acids is 1. The topological polar surface area (TPSA) is 66.8 Å². The van der Waals surface area contributed by atoms with Crippen molar-refractivity contribution in [1.29, 1.82) is 0 Å². The summed E-state index contributed by atoms with van der Waals surface area (Å²) in [5.74, 6) is -1.87. The summed E-state index contributed by atoms with van der Waals surface area (Å²) in [4.78, 5) is 24.6. The van der Waals surface area contributed by atoms with Gasteiger partial charge in [0.05, 0.1) is 12.7 Å². The summed E-state index contributed by atoms with van der Waals surface area (Å²) in [6.45, 7) is 0.357. The minimum absolute atomic E-state index is 0.0515. The molecule has 0 saturated carbocycles. The number of carbonyl (C=O) groups is 2. The average molecular weight is 267 g/mol. The van der Waals surface area contributed by atoms with Gasteiger partial charge in [-0.15, -0.1) is 0 Å². The van der Waals surface area contributed by atoms with E-state index in [4.69, 9.17) is 9.84 Å². The van der Waals surface area contributed by atoms with E-state index in [0.717, 1.165) is 6.07 Å². The Balaban J connectivity index is 2.33. The van der Waals surface area contributed by atoms with E-state index in [0.29, 0.717) is 19.4 Å². The van der Waals surface area contributed by atoms with Crippen LogP contribution in [0.15, 0.2) is 18.2 Å². The van der Waals surface area contributed by atoms with Crippen molar-refractivity contribution >= 4 is 11.9 Å². The summed E-state index contributed by atoms with van der Waals surface area (Å²) in [5, 5.41) is 9.06. The van der Waals surface area contributed by atoms with Crippen molar-refractivity contribution in [3.05, 3.63) is 29.6 Å². The van der Waals surface area contributed by atoms with Crippen LogP contribution in [0.1, 0.15) is 23.2 Å². The van der Waals surface area contributed by atoms with E-state index in [2.05, 4.69) is 0 Å². The summed E-state index contributed by atoms with van der Waals surface area (Å²) in [6.07, 6.45) is 1.04. The van der Waals surface area contributed by atoms with Crippen LogP contribution < -0.4 is 4.74 Å². The van der Waals surface area contributed by atoms with Crippen LogP contribution in [0.5, 0.6) is 5.75 Å². The van der Waals surface area contributed by atoms with E-state index in [1.54, 1.807) is 0 Å². The van der Waals surface area contributed by atoms with Crippen LogP contribution in [0.4, 0.5) is 4.39 Å². The Labute approximate surface area is 109 Å². The summed E-state index contributed by atoms with van der Waals surface area (Å²) in [5.41, 5.74) is 0.0515. The van der Waals surface area contributed by atoms with Crippen molar-refractivity contribution in [1.82, 2.24) is 4.90 Å². The molecule has 1 atom stereocenters. The van der Waals surface area contributed by atoms with Crippen molar-refractivity contribution in [3.8, 4) is 5.75 Å². The quantitative estimate of drug-likeness (QED) is 0.901. The third-order valence-corrected chi connectivity index (χ3v) is 3.19. The van der Waals surface area contributed by atoms with Gasteiger partial charge in [-0.05, 0) is 31.0 Å². The first-order chi connectivity index (χ1) is 9.04. The Hall–Kier alpha value is -2.11. The maximum absolute atomic E-state index is 13.2. The number of amides is 1. The number of methoxy groups -OCH3 is 1. The van der Waals surface area contributed by atoms with Crippen molar-refractivity contribution in [3.63, 3.8) is 0 Å². The molecule has 0 bridgehead atoms. The maximum Gasteiger partial charge on any atom is 0.326 e. The van der Waals surface area contributed by atoms with Crippen LogP contribution in [0, 0.1) is 5.82 Å². The van der Waals surface area contributed by atoms with Gasteiger partial charge in [0.2, 0.25) is 0 Å². The number of rotatable bonds is 3. The molecule has 0 aliphatic carbocycles. The van der Waals surface area contributed by atoms with E-state index in [1.165, 1.54) is 24.1 Å². The lowest BCUT2D eigenvalue weighted by atomic mass is 10.1. The number of carboxylic acids is 1. The molecule has 1 aromatic rings. The Morgan fingerprint density at radius 1 is 1.47 bits per heavy atom. The Kier molecular flexibility index (Phi) is 3.69. The highest BCUT2D eigenvalue weighted by molar-refractivity contribution is 5.99. The van der Waals surface area contributed by atoms with Gasteiger partial charge in [-0.1, -0.05) is 0 Å². The number of nitrogens with zero attached hydrogens (tertiary/aromatic N) is 1. The molecule has 1 unspecified atom stereocenters. The molecule has 6 heteroatoms. The Morgan fingerprint density at radius 3 is 2.84 bits per heavy atom. The van der Waals surface area contributed by atoms with Gasteiger partial charge in [0.15, 0.2) is 0 Å². The zero-order chi connectivity index (χ0) is 14.0. The van der Waals surface area contributed by atoms with Crippen LogP contribution in [-0.4, -0.2) is 41.6 Å². The molecule has 19 heavy (non-hydrogen) atoms. The Bertz CT molecular complexity index is 517.